The summed E-state index contributed by atoms with van der Waals surface area (Å²) in [5.74, 6) is -0.395. The Morgan fingerprint density at radius 1 is 1.53 bits per heavy atom. The van der Waals surface area contributed by atoms with Crippen molar-refractivity contribution in [3.05, 3.63) is 23.0 Å². The molecule has 1 heterocycles. The van der Waals surface area contributed by atoms with Crippen LogP contribution in [0.15, 0.2) is 6.07 Å². The number of hydrogen-bond acceptors (Lipinski definition) is 3. The zero-order chi connectivity index (χ0) is 10.8. The molecule has 82 valence electrons. The van der Waals surface area contributed by atoms with E-state index >= 15 is 0 Å². The largest absolute Gasteiger partial charge is 0.468 e. The minimum atomic E-state index is -0.680. The van der Waals surface area contributed by atoms with Crippen molar-refractivity contribution in [3.8, 4) is 0 Å². The predicted octanol–water partition coefficient (Wildman–Crippen LogP) is 1.07. The van der Waals surface area contributed by atoms with Crippen LogP contribution in [0.25, 0.3) is 0 Å². The molecular weight excluding hydrogens is 192 g/mol. The van der Waals surface area contributed by atoms with Gasteiger partial charge < -0.3 is 15.5 Å². The van der Waals surface area contributed by atoms with Crippen LogP contribution in [0.1, 0.15) is 35.8 Å². The molecule has 0 saturated heterocycles. The SMILES string of the molecule is COC(=O)C(N)c1cc2c([nH]1)CCCC2. The Morgan fingerprint density at radius 3 is 2.93 bits per heavy atom. The lowest BCUT2D eigenvalue weighted by atomic mass is 9.98. The van der Waals surface area contributed by atoms with Crippen molar-refractivity contribution in [2.24, 2.45) is 5.73 Å². The highest BCUT2D eigenvalue weighted by atomic mass is 16.5. The second-order valence-corrected chi connectivity index (χ2v) is 3.94. The second-order valence-electron chi connectivity index (χ2n) is 3.94. The zero-order valence-corrected chi connectivity index (χ0v) is 8.88. The molecule has 0 radical (unpaired) electrons. The van der Waals surface area contributed by atoms with E-state index in [0.717, 1.165) is 18.5 Å². The van der Waals surface area contributed by atoms with Gasteiger partial charge in [-0.05, 0) is 37.3 Å². The molecule has 3 N–H and O–H groups in total. The first-order chi connectivity index (χ1) is 7.22. The summed E-state index contributed by atoms with van der Waals surface area (Å²) in [6.45, 7) is 0. The lowest BCUT2D eigenvalue weighted by molar-refractivity contribution is -0.142. The van der Waals surface area contributed by atoms with Crippen LogP contribution in [-0.2, 0) is 22.4 Å². The van der Waals surface area contributed by atoms with Crippen LogP contribution in [0, 0.1) is 0 Å². The quantitative estimate of drug-likeness (QED) is 0.714. The van der Waals surface area contributed by atoms with Crippen molar-refractivity contribution >= 4 is 5.97 Å². The second kappa shape index (κ2) is 4.06. The summed E-state index contributed by atoms with van der Waals surface area (Å²) < 4.78 is 4.61. The van der Waals surface area contributed by atoms with Crippen molar-refractivity contribution in [2.45, 2.75) is 31.7 Å². The third kappa shape index (κ3) is 1.90. The van der Waals surface area contributed by atoms with E-state index in [1.807, 2.05) is 6.07 Å². The molecule has 1 aromatic heterocycles. The van der Waals surface area contributed by atoms with Gasteiger partial charge in [0, 0.05) is 11.4 Å². The fraction of sp³-hybridized carbons (Fsp3) is 0.545. The van der Waals surface area contributed by atoms with Crippen LogP contribution in [0.4, 0.5) is 0 Å². The Kier molecular flexibility index (Phi) is 2.77. The van der Waals surface area contributed by atoms with Gasteiger partial charge in [-0.3, -0.25) is 0 Å². The van der Waals surface area contributed by atoms with Gasteiger partial charge in [0.15, 0.2) is 0 Å². The molecule has 0 amide bonds. The number of hydrogen-bond donors (Lipinski definition) is 2. The van der Waals surface area contributed by atoms with E-state index in [-0.39, 0.29) is 0 Å². The molecule has 15 heavy (non-hydrogen) atoms. The number of nitrogens with two attached hydrogens (primary N) is 1. The molecule has 1 atom stereocenters. The Balaban J connectivity index is 2.22. The minimum absolute atomic E-state index is 0.395. The zero-order valence-electron chi connectivity index (χ0n) is 8.88. The molecule has 4 heteroatoms. The van der Waals surface area contributed by atoms with Crippen molar-refractivity contribution in [3.63, 3.8) is 0 Å². The van der Waals surface area contributed by atoms with Gasteiger partial charge in [0.2, 0.25) is 0 Å². The maximum absolute atomic E-state index is 11.3. The highest BCUT2D eigenvalue weighted by Gasteiger charge is 2.21. The molecule has 0 spiro atoms. The summed E-state index contributed by atoms with van der Waals surface area (Å²) >= 11 is 0. The topological polar surface area (TPSA) is 68.1 Å². The number of nitrogens with one attached hydrogen (secondary N) is 1. The van der Waals surface area contributed by atoms with E-state index in [2.05, 4.69) is 9.72 Å². The number of carbonyl (C=O) groups is 1. The van der Waals surface area contributed by atoms with E-state index in [9.17, 15) is 4.79 Å². The van der Waals surface area contributed by atoms with E-state index in [0.29, 0.717) is 0 Å². The smallest absolute Gasteiger partial charge is 0.328 e. The third-order valence-electron chi connectivity index (χ3n) is 2.93. The van der Waals surface area contributed by atoms with Gasteiger partial charge in [-0.25, -0.2) is 4.79 Å². The number of fused-ring (bicyclic) bond motifs is 1. The molecule has 0 aliphatic heterocycles. The van der Waals surface area contributed by atoms with Gasteiger partial charge in [0.05, 0.1) is 7.11 Å². The average Bonchev–Trinajstić information content (AvgIpc) is 2.70. The van der Waals surface area contributed by atoms with Crippen molar-refractivity contribution in [1.29, 1.82) is 0 Å². The number of methoxy groups -OCH3 is 1. The molecule has 0 aromatic carbocycles. The summed E-state index contributed by atoms with van der Waals surface area (Å²) in [6.07, 6.45) is 4.57. The lowest BCUT2D eigenvalue weighted by Crippen LogP contribution is -2.22. The highest BCUT2D eigenvalue weighted by Crippen LogP contribution is 2.24. The Bertz CT molecular complexity index is 347. The van der Waals surface area contributed by atoms with Gasteiger partial charge in [0.25, 0.3) is 0 Å². The molecule has 0 saturated carbocycles. The van der Waals surface area contributed by atoms with Gasteiger partial charge in [-0.1, -0.05) is 0 Å². The molecule has 1 aromatic rings. The molecule has 4 nitrogen and oxygen atoms in total. The van der Waals surface area contributed by atoms with Gasteiger partial charge in [0.1, 0.15) is 6.04 Å². The molecule has 1 unspecified atom stereocenters. The number of aryl methyl sites for hydroxylation is 2. The van der Waals surface area contributed by atoms with E-state index in [1.54, 1.807) is 0 Å². The third-order valence-corrected chi connectivity index (χ3v) is 2.93. The van der Waals surface area contributed by atoms with Gasteiger partial charge in [-0.2, -0.15) is 0 Å². The van der Waals surface area contributed by atoms with Crippen LogP contribution >= 0.6 is 0 Å². The van der Waals surface area contributed by atoms with Crippen LogP contribution in [0.5, 0.6) is 0 Å². The number of rotatable bonds is 2. The molecule has 0 bridgehead atoms. The van der Waals surface area contributed by atoms with Crippen LogP contribution in [0.3, 0.4) is 0 Å². The summed E-state index contributed by atoms with van der Waals surface area (Å²) in [7, 11) is 1.35. The monoisotopic (exact) mass is 208 g/mol. The number of aromatic nitrogens is 1. The minimum Gasteiger partial charge on any atom is -0.468 e. The first-order valence-corrected chi connectivity index (χ1v) is 5.26. The predicted molar refractivity (Wildman–Crippen MR) is 56.4 cm³/mol. The fourth-order valence-corrected chi connectivity index (χ4v) is 2.05. The van der Waals surface area contributed by atoms with E-state index in [4.69, 9.17) is 5.73 Å². The molecule has 2 rings (SSSR count). The van der Waals surface area contributed by atoms with E-state index < -0.39 is 12.0 Å². The molecular formula is C11H16N2O2. The van der Waals surface area contributed by atoms with Crippen molar-refractivity contribution in [1.82, 2.24) is 4.98 Å². The van der Waals surface area contributed by atoms with Crippen molar-refractivity contribution < 1.29 is 9.53 Å². The molecule has 0 fully saturated rings. The van der Waals surface area contributed by atoms with Crippen LogP contribution in [0.2, 0.25) is 0 Å². The Labute approximate surface area is 88.8 Å². The summed E-state index contributed by atoms with van der Waals surface area (Å²) in [4.78, 5) is 14.5. The maximum Gasteiger partial charge on any atom is 0.328 e. The number of ether oxygens (including phenoxy) is 1. The summed E-state index contributed by atoms with van der Waals surface area (Å²) in [5, 5.41) is 0. The number of aromatic amines is 1. The standard InChI is InChI=1S/C11H16N2O2/c1-15-11(14)10(12)9-6-7-4-2-3-5-8(7)13-9/h6,10,13H,2-5,12H2,1H3. The normalized spacial score (nSPS) is 16.9. The number of H-pyrrole nitrogens is 1. The van der Waals surface area contributed by atoms with Crippen LogP contribution in [-0.4, -0.2) is 18.1 Å². The molecule has 1 aliphatic rings. The van der Waals surface area contributed by atoms with Gasteiger partial charge in [-0.15, -0.1) is 0 Å². The Hall–Kier alpha value is -1.29. The van der Waals surface area contributed by atoms with Crippen LogP contribution < -0.4 is 5.73 Å². The number of carbonyl (C=O) groups excluding carboxylic acids is 1. The van der Waals surface area contributed by atoms with E-state index in [1.165, 1.54) is 31.2 Å². The lowest BCUT2D eigenvalue weighted by Gasteiger charge is -2.09. The highest BCUT2D eigenvalue weighted by molar-refractivity contribution is 5.76. The van der Waals surface area contributed by atoms with Gasteiger partial charge >= 0.3 is 5.97 Å². The van der Waals surface area contributed by atoms with Crippen molar-refractivity contribution in [2.75, 3.05) is 7.11 Å². The first-order valence-electron chi connectivity index (χ1n) is 5.26. The molecule has 1 aliphatic carbocycles. The summed E-state index contributed by atoms with van der Waals surface area (Å²) in [6, 6.07) is 1.32. The average molecular weight is 208 g/mol. The fourth-order valence-electron chi connectivity index (χ4n) is 2.05. The summed E-state index contributed by atoms with van der Waals surface area (Å²) in [5.41, 5.74) is 9.06. The first kappa shape index (κ1) is 10.2. The maximum atomic E-state index is 11.3. The number of esters is 1. The Morgan fingerprint density at radius 2 is 2.27 bits per heavy atom.